The molecule has 1 fully saturated rings. The summed E-state index contributed by atoms with van der Waals surface area (Å²) < 4.78 is 1.26. The minimum atomic E-state index is 0.387. The molecule has 0 aromatic heterocycles. The van der Waals surface area contributed by atoms with Crippen molar-refractivity contribution in [3.05, 3.63) is 34.3 Å². The van der Waals surface area contributed by atoms with Gasteiger partial charge in [0.1, 0.15) is 0 Å². The summed E-state index contributed by atoms with van der Waals surface area (Å²) in [5.41, 5.74) is 1.86. The molecule has 2 rings (SSSR count). The third-order valence-electron chi connectivity index (χ3n) is 3.40. The van der Waals surface area contributed by atoms with E-state index in [0.717, 1.165) is 12.5 Å². The number of rotatable bonds is 3. The van der Waals surface area contributed by atoms with Gasteiger partial charge in [-0.1, -0.05) is 54.9 Å². The Hall–Kier alpha value is -0.340. The Morgan fingerprint density at radius 2 is 1.88 bits per heavy atom. The summed E-state index contributed by atoms with van der Waals surface area (Å²) in [6, 6.07) is 9.32. The molecule has 1 aromatic carbocycles. The van der Waals surface area contributed by atoms with Crippen LogP contribution >= 0.6 is 15.9 Å². The van der Waals surface area contributed by atoms with E-state index in [0.29, 0.717) is 11.5 Å². The van der Waals surface area contributed by atoms with Crippen LogP contribution in [0, 0.1) is 5.41 Å². The van der Waals surface area contributed by atoms with Crippen molar-refractivity contribution >= 4 is 15.9 Å². The quantitative estimate of drug-likeness (QED) is 0.875. The van der Waals surface area contributed by atoms with Gasteiger partial charge in [-0.05, 0) is 35.8 Å². The molecule has 1 aromatic rings. The number of benzene rings is 1. The van der Waals surface area contributed by atoms with Gasteiger partial charge < -0.3 is 5.32 Å². The first kappa shape index (κ1) is 13.1. The van der Waals surface area contributed by atoms with Gasteiger partial charge in [0.15, 0.2) is 0 Å². The van der Waals surface area contributed by atoms with Gasteiger partial charge in [-0.25, -0.2) is 0 Å². The second-order valence-corrected chi connectivity index (χ2v) is 7.18. The zero-order chi connectivity index (χ0) is 12.5. The van der Waals surface area contributed by atoms with Gasteiger partial charge in [0, 0.05) is 17.1 Å². The van der Waals surface area contributed by atoms with Crippen molar-refractivity contribution in [1.82, 2.24) is 5.32 Å². The topological polar surface area (TPSA) is 12.0 Å². The van der Waals surface area contributed by atoms with E-state index in [4.69, 9.17) is 0 Å². The molecule has 1 saturated carbocycles. The monoisotopic (exact) mass is 295 g/mol. The van der Waals surface area contributed by atoms with Gasteiger partial charge in [-0.3, -0.25) is 0 Å². The van der Waals surface area contributed by atoms with E-state index >= 15 is 0 Å². The lowest BCUT2D eigenvalue weighted by Crippen LogP contribution is -2.43. The van der Waals surface area contributed by atoms with Crippen LogP contribution in [0.15, 0.2) is 28.7 Å². The van der Waals surface area contributed by atoms with Crippen molar-refractivity contribution in [2.24, 2.45) is 5.41 Å². The van der Waals surface area contributed by atoms with Gasteiger partial charge in [0.2, 0.25) is 0 Å². The summed E-state index contributed by atoms with van der Waals surface area (Å²) in [4.78, 5) is 0. The third kappa shape index (κ3) is 3.56. The molecule has 94 valence electrons. The lowest BCUT2D eigenvalue weighted by atomic mass is 9.75. The second kappa shape index (κ2) is 5.11. The average Bonchev–Trinajstić information content (AvgIpc) is 2.16. The highest BCUT2D eigenvalue weighted by molar-refractivity contribution is 9.10. The Kier molecular flexibility index (Phi) is 3.94. The van der Waals surface area contributed by atoms with Crippen LogP contribution in [0.3, 0.4) is 0 Å². The molecule has 0 saturated heterocycles. The van der Waals surface area contributed by atoms with Crippen molar-refractivity contribution in [2.45, 2.75) is 45.6 Å². The highest BCUT2D eigenvalue weighted by Crippen LogP contribution is 2.40. The van der Waals surface area contributed by atoms with E-state index in [-0.39, 0.29) is 0 Å². The maximum Gasteiger partial charge on any atom is 0.0210 e. The maximum absolute atomic E-state index is 3.66. The molecule has 0 atom stereocenters. The lowest BCUT2D eigenvalue weighted by Gasteiger charge is -2.38. The Morgan fingerprint density at radius 3 is 2.47 bits per heavy atom. The van der Waals surface area contributed by atoms with E-state index < -0.39 is 0 Å². The SMILES string of the molecule is CC(C)(C)CNC1CC(c2ccccc2Br)C1. The molecule has 2 heteroatoms. The minimum absolute atomic E-state index is 0.387. The van der Waals surface area contributed by atoms with Crippen LogP contribution in [0.25, 0.3) is 0 Å². The minimum Gasteiger partial charge on any atom is -0.313 e. The Balaban J connectivity index is 1.81. The summed E-state index contributed by atoms with van der Waals surface area (Å²) in [5.74, 6) is 0.739. The highest BCUT2D eigenvalue weighted by Gasteiger charge is 2.31. The van der Waals surface area contributed by atoms with Gasteiger partial charge in [-0.2, -0.15) is 0 Å². The van der Waals surface area contributed by atoms with E-state index in [1.165, 1.54) is 22.9 Å². The molecule has 1 aliphatic carbocycles. The number of hydrogen-bond donors (Lipinski definition) is 1. The van der Waals surface area contributed by atoms with Crippen LogP contribution in [-0.2, 0) is 0 Å². The molecule has 1 nitrogen and oxygen atoms in total. The zero-order valence-corrected chi connectivity index (χ0v) is 12.5. The fraction of sp³-hybridized carbons (Fsp3) is 0.600. The second-order valence-electron chi connectivity index (χ2n) is 6.33. The zero-order valence-electron chi connectivity index (χ0n) is 11.0. The fourth-order valence-corrected chi connectivity index (χ4v) is 2.90. The summed E-state index contributed by atoms with van der Waals surface area (Å²) in [6.45, 7) is 7.96. The van der Waals surface area contributed by atoms with Crippen LogP contribution in [0.2, 0.25) is 0 Å². The summed E-state index contributed by atoms with van der Waals surface area (Å²) in [5, 5.41) is 3.66. The van der Waals surface area contributed by atoms with Crippen LogP contribution in [0.4, 0.5) is 0 Å². The number of hydrogen-bond acceptors (Lipinski definition) is 1. The highest BCUT2D eigenvalue weighted by atomic mass is 79.9. The fourth-order valence-electron chi connectivity index (χ4n) is 2.30. The molecule has 0 bridgehead atoms. The van der Waals surface area contributed by atoms with Crippen molar-refractivity contribution in [2.75, 3.05) is 6.54 Å². The molecule has 17 heavy (non-hydrogen) atoms. The average molecular weight is 296 g/mol. The predicted octanol–water partition coefficient (Wildman–Crippen LogP) is 4.33. The van der Waals surface area contributed by atoms with Gasteiger partial charge in [0.05, 0.1) is 0 Å². The van der Waals surface area contributed by atoms with Gasteiger partial charge in [0.25, 0.3) is 0 Å². The molecule has 0 aliphatic heterocycles. The summed E-state index contributed by atoms with van der Waals surface area (Å²) in [6.07, 6.45) is 2.55. The molecular weight excluding hydrogens is 274 g/mol. The molecule has 0 radical (unpaired) electrons. The Morgan fingerprint density at radius 1 is 1.24 bits per heavy atom. The van der Waals surface area contributed by atoms with Crippen molar-refractivity contribution < 1.29 is 0 Å². The van der Waals surface area contributed by atoms with Crippen LogP contribution in [0.5, 0.6) is 0 Å². The molecule has 0 spiro atoms. The van der Waals surface area contributed by atoms with Crippen LogP contribution < -0.4 is 5.32 Å². The number of halogens is 1. The smallest absolute Gasteiger partial charge is 0.0210 e. The Labute approximate surface area is 113 Å². The first-order chi connectivity index (χ1) is 7.96. The van der Waals surface area contributed by atoms with Crippen molar-refractivity contribution in [3.63, 3.8) is 0 Å². The van der Waals surface area contributed by atoms with E-state index in [1.54, 1.807) is 0 Å². The molecule has 1 N–H and O–H groups in total. The van der Waals surface area contributed by atoms with E-state index in [9.17, 15) is 0 Å². The molecule has 0 heterocycles. The van der Waals surface area contributed by atoms with E-state index in [1.807, 2.05) is 0 Å². The van der Waals surface area contributed by atoms with Crippen molar-refractivity contribution in [3.8, 4) is 0 Å². The summed E-state index contributed by atoms with van der Waals surface area (Å²) >= 11 is 3.64. The predicted molar refractivity (Wildman–Crippen MR) is 77.4 cm³/mol. The lowest BCUT2D eigenvalue weighted by molar-refractivity contribution is 0.253. The molecule has 1 aliphatic rings. The van der Waals surface area contributed by atoms with Crippen molar-refractivity contribution in [1.29, 1.82) is 0 Å². The van der Waals surface area contributed by atoms with Crippen LogP contribution in [-0.4, -0.2) is 12.6 Å². The molecular formula is C15H22BrN. The molecule has 0 unspecified atom stereocenters. The largest absolute Gasteiger partial charge is 0.313 e. The first-order valence-electron chi connectivity index (χ1n) is 6.43. The standard InChI is InChI=1S/C15H22BrN/c1-15(2,3)10-17-12-8-11(9-12)13-6-4-5-7-14(13)16/h4-7,11-12,17H,8-10H2,1-3H3. The summed E-state index contributed by atoms with van der Waals surface area (Å²) in [7, 11) is 0. The van der Waals surface area contributed by atoms with Gasteiger partial charge >= 0.3 is 0 Å². The maximum atomic E-state index is 3.66. The van der Waals surface area contributed by atoms with Gasteiger partial charge in [-0.15, -0.1) is 0 Å². The first-order valence-corrected chi connectivity index (χ1v) is 7.23. The third-order valence-corrected chi connectivity index (χ3v) is 4.13. The Bertz CT molecular complexity index is 375. The number of nitrogens with one attached hydrogen (secondary N) is 1. The van der Waals surface area contributed by atoms with Crippen LogP contribution in [0.1, 0.15) is 45.1 Å². The van der Waals surface area contributed by atoms with E-state index in [2.05, 4.69) is 66.3 Å². The molecule has 0 amide bonds. The normalized spacial score (nSPS) is 24.5.